The molecule has 0 atom stereocenters. The molecule has 0 N–H and O–H groups in total. The molecule has 6 heteroatoms. The molecule has 1 aromatic rings. The van der Waals surface area contributed by atoms with Crippen molar-refractivity contribution in [1.29, 1.82) is 0 Å². The van der Waals surface area contributed by atoms with Crippen molar-refractivity contribution in [3.05, 3.63) is 40.6 Å². The van der Waals surface area contributed by atoms with Crippen LogP contribution in [0.3, 0.4) is 0 Å². The summed E-state index contributed by atoms with van der Waals surface area (Å²) in [6, 6.07) is 5.84. The van der Waals surface area contributed by atoms with Gasteiger partial charge in [0.25, 0.3) is 11.1 Å². The molecule has 2 saturated heterocycles. The largest absolute Gasteiger partial charge is 0.294 e. The Bertz CT molecular complexity index is 594. The number of imide groups is 1. The van der Waals surface area contributed by atoms with Crippen LogP contribution in [0.2, 0.25) is 0 Å². The standard InChI is InChI=1S/C15H15FN2O2S/c16-12-5-3-11(4-6-12)9-13-14(19)18(15(20)21-13)10-17-7-1-2-8-17/h3-6,9H,1-2,7-8,10H2/b13-9+. The van der Waals surface area contributed by atoms with Crippen LogP contribution in [0.5, 0.6) is 0 Å². The van der Waals surface area contributed by atoms with Gasteiger partial charge in [-0.3, -0.25) is 19.4 Å². The SMILES string of the molecule is O=C1S/C(=C/c2ccc(F)cc2)C(=O)N1CN1CCCC1. The molecule has 0 aliphatic carbocycles. The van der Waals surface area contributed by atoms with Crippen LogP contribution in [0.4, 0.5) is 9.18 Å². The Labute approximate surface area is 126 Å². The summed E-state index contributed by atoms with van der Waals surface area (Å²) in [6.45, 7) is 2.23. The van der Waals surface area contributed by atoms with E-state index < -0.39 is 0 Å². The van der Waals surface area contributed by atoms with Crippen LogP contribution in [0.1, 0.15) is 18.4 Å². The molecule has 0 bridgehead atoms. The maximum absolute atomic E-state index is 12.9. The monoisotopic (exact) mass is 306 g/mol. The smallest absolute Gasteiger partial charge is 0.286 e. The number of halogens is 1. The highest BCUT2D eigenvalue weighted by Crippen LogP contribution is 2.32. The number of amides is 2. The van der Waals surface area contributed by atoms with Gasteiger partial charge in [-0.25, -0.2) is 4.39 Å². The van der Waals surface area contributed by atoms with Crippen molar-refractivity contribution in [3.8, 4) is 0 Å². The van der Waals surface area contributed by atoms with Gasteiger partial charge in [0.05, 0.1) is 11.6 Å². The fourth-order valence-electron chi connectivity index (χ4n) is 2.46. The molecule has 2 amide bonds. The van der Waals surface area contributed by atoms with E-state index in [4.69, 9.17) is 0 Å². The van der Waals surface area contributed by atoms with E-state index in [1.54, 1.807) is 18.2 Å². The summed E-state index contributed by atoms with van der Waals surface area (Å²) in [5, 5.41) is -0.236. The number of hydrogen-bond acceptors (Lipinski definition) is 4. The van der Waals surface area contributed by atoms with Gasteiger partial charge in [0.15, 0.2) is 0 Å². The van der Waals surface area contributed by atoms with Gasteiger partial charge in [0.1, 0.15) is 5.82 Å². The lowest BCUT2D eigenvalue weighted by Crippen LogP contribution is -2.38. The lowest BCUT2D eigenvalue weighted by molar-refractivity contribution is -0.124. The highest BCUT2D eigenvalue weighted by molar-refractivity contribution is 8.18. The maximum atomic E-state index is 12.9. The van der Waals surface area contributed by atoms with Crippen LogP contribution in [0.15, 0.2) is 29.2 Å². The topological polar surface area (TPSA) is 40.6 Å². The first-order valence-corrected chi connectivity index (χ1v) is 7.68. The fourth-order valence-corrected chi connectivity index (χ4v) is 3.29. The average molecular weight is 306 g/mol. The highest BCUT2D eigenvalue weighted by atomic mass is 32.2. The Morgan fingerprint density at radius 1 is 1.14 bits per heavy atom. The van der Waals surface area contributed by atoms with Crippen molar-refractivity contribution in [2.75, 3.05) is 19.8 Å². The molecule has 21 heavy (non-hydrogen) atoms. The molecule has 0 aromatic heterocycles. The van der Waals surface area contributed by atoms with E-state index in [2.05, 4.69) is 4.90 Å². The molecule has 3 rings (SSSR count). The van der Waals surface area contributed by atoms with E-state index >= 15 is 0 Å². The molecular formula is C15H15FN2O2S. The third-order valence-corrected chi connectivity index (χ3v) is 4.49. The zero-order valence-corrected chi connectivity index (χ0v) is 12.2. The molecule has 2 aliphatic rings. The van der Waals surface area contributed by atoms with Crippen LogP contribution in [0, 0.1) is 5.82 Å². The van der Waals surface area contributed by atoms with Crippen LogP contribution < -0.4 is 0 Å². The first-order valence-electron chi connectivity index (χ1n) is 6.87. The lowest BCUT2D eigenvalue weighted by atomic mass is 10.2. The van der Waals surface area contributed by atoms with E-state index in [1.807, 2.05) is 0 Å². The summed E-state index contributed by atoms with van der Waals surface area (Å²) in [4.78, 5) is 28.0. The first kappa shape index (κ1) is 14.3. The molecule has 2 aliphatic heterocycles. The zero-order chi connectivity index (χ0) is 14.8. The predicted octanol–water partition coefficient (Wildman–Crippen LogP) is 2.92. The second-order valence-electron chi connectivity index (χ2n) is 5.13. The number of carbonyl (C=O) groups is 2. The number of benzene rings is 1. The van der Waals surface area contributed by atoms with Gasteiger partial charge in [0, 0.05) is 0 Å². The molecule has 4 nitrogen and oxygen atoms in total. The van der Waals surface area contributed by atoms with E-state index in [-0.39, 0.29) is 17.0 Å². The Balaban J connectivity index is 1.74. The molecule has 2 heterocycles. The first-order chi connectivity index (χ1) is 10.1. The summed E-state index contributed by atoms with van der Waals surface area (Å²) in [6.07, 6.45) is 3.86. The van der Waals surface area contributed by atoms with Gasteiger partial charge < -0.3 is 0 Å². The van der Waals surface area contributed by atoms with E-state index in [0.29, 0.717) is 17.1 Å². The Hall–Kier alpha value is -1.66. The Morgan fingerprint density at radius 3 is 2.48 bits per heavy atom. The number of nitrogens with zero attached hydrogens (tertiary/aromatic N) is 2. The van der Waals surface area contributed by atoms with Crippen molar-refractivity contribution in [2.45, 2.75) is 12.8 Å². The van der Waals surface area contributed by atoms with Crippen molar-refractivity contribution >= 4 is 29.0 Å². The van der Waals surface area contributed by atoms with Crippen LogP contribution in [-0.4, -0.2) is 40.7 Å². The Kier molecular flexibility index (Phi) is 4.07. The molecule has 0 unspecified atom stereocenters. The summed E-state index contributed by atoms with van der Waals surface area (Å²) in [5.74, 6) is -0.587. The molecule has 0 saturated carbocycles. The molecule has 0 spiro atoms. The van der Waals surface area contributed by atoms with Gasteiger partial charge in [-0.15, -0.1) is 0 Å². The molecule has 1 aromatic carbocycles. The van der Waals surface area contributed by atoms with Gasteiger partial charge in [-0.05, 0) is 61.5 Å². The summed E-state index contributed by atoms with van der Waals surface area (Å²) in [5.41, 5.74) is 0.711. The molecular weight excluding hydrogens is 291 g/mol. The minimum atomic E-state index is -0.325. The Morgan fingerprint density at radius 2 is 1.81 bits per heavy atom. The van der Waals surface area contributed by atoms with E-state index in [1.165, 1.54) is 17.0 Å². The number of rotatable bonds is 3. The molecule has 2 fully saturated rings. The number of carbonyl (C=O) groups excluding carboxylic acids is 2. The maximum Gasteiger partial charge on any atom is 0.294 e. The molecule has 110 valence electrons. The fraction of sp³-hybridized carbons (Fsp3) is 0.333. The van der Waals surface area contributed by atoms with E-state index in [0.717, 1.165) is 37.7 Å². The van der Waals surface area contributed by atoms with Gasteiger partial charge >= 0.3 is 0 Å². The zero-order valence-electron chi connectivity index (χ0n) is 11.4. The van der Waals surface area contributed by atoms with Crippen molar-refractivity contribution < 1.29 is 14.0 Å². The summed E-state index contributed by atoms with van der Waals surface area (Å²) < 4.78 is 12.9. The third kappa shape index (κ3) is 3.16. The van der Waals surface area contributed by atoms with Gasteiger partial charge in [0.2, 0.25) is 0 Å². The van der Waals surface area contributed by atoms with Crippen LogP contribution in [0.25, 0.3) is 6.08 Å². The second kappa shape index (κ2) is 5.99. The molecule has 0 radical (unpaired) electrons. The van der Waals surface area contributed by atoms with Crippen LogP contribution >= 0.6 is 11.8 Å². The van der Waals surface area contributed by atoms with E-state index in [9.17, 15) is 14.0 Å². The van der Waals surface area contributed by atoms with Crippen molar-refractivity contribution in [2.24, 2.45) is 0 Å². The predicted molar refractivity (Wildman–Crippen MR) is 79.9 cm³/mol. The summed E-state index contributed by atoms with van der Waals surface area (Å²) in [7, 11) is 0. The minimum absolute atomic E-state index is 0.236. The third-order valence-electron chi connectivity index (χ3n) is 3.58. The number of thioether (sulfide) groups is 1. The van der Waals surface area contributed by atoms with Crippen molar-refractivity contribution in [1.82, 2.24) is 9.80 Å². The minimum Gasteiger partial charge on any atom is -0.286 e. The highest BCUT2D eigenvalue weighted by Gasteiger charge is 2.36. The van der Waals surface area contributed by atoms with Gasteiger partial charge in [-0.1, -0.05) is 12.1 Å². The second-order valence-corrected chi connectivity index (χ2v) is 6.12. The average Bonchev–Trinajstić information content (AvgIpc) is 3.06. The lowest BCUT2D eigenvalue weighted by Gasteiger charge is -2.20. The summed E-state index contributed by atoms with van der Waals surface area (Å²) >= 11 is 0.942. The van der Waals surface area contributed by atoms with Gasteiger partial charge in [-0.2, -0.15) is 0 Å². The normalized spacial score (nSPS) is 21.8. The van der Waals surface area contributed by atoms with Crippen molar-refractivity contribution in [3.63, 3.8) is 0 Å². The quantitative estimate of drug-likeness (QED) is 0.805. The number of hydrogen-bond donors (Lipinski definition) is 0. The van der Waals surface area contributed by atoms with Crippen LogP contribution in [-0.2, 0) is 4.79 Å². The number of likely N-dealkylation sites (tertiary alicyclic amines) is 1.